The van der Waals surface area contributed by atoms with E-state index in [1.54, 1.807) is 11.8 Å². The molecule has 1 aliphatic rings. The van der Waals surface area contributed by atoms with Crippen molar-refractivity contribution in [2.75, 3.05) is 0 Å². The normalized spacial score (nSPS) is 13.6. The Morgan fingerprint density at radius 3 is 2.53 bits per heavy atom. The summed E-state index contributed by atoms with van der Waals surface area (Å²) < 4.78 is 3.17. The zero-order valence-electron chi connectivity index (χ0n) is 17.0. The highest BCUT2D eigenvalue weighted by molar-refractivity contribution is 9.10. The Bertz CT molecular complexity index is 1000. The van der Waals surface area contributed by atoms with Crippen LogP contribution in [0, 0.1) is 5.92 Å². The van der Waals surface area contributed by atoms with Gasteiger partial charge in [-0.1, -0.05) is 72.2 Å². The summed E-state index contributed by atoms with van der Waals surface area (Å²) >= 11 is 5.30. The first-order valence-corrected chi connectivity index (χ1v) is 11.7. The summed E-state index contributed by atoms with van der Waals surface area (Å²) in [6, 6.07) is 18.8. The molecule has 4 rings (SSSR count). The zero-order chi connectivity index (χ0) is 20.9. The van der Waals surface area contributed by atoms with E-state index in [0.717, 1.165) is 33.2 Å². The molecule has 2 heterocycles. The van der Waals surface area contributed by atoms with Crippen molar-refractivity contribution in [1.82, 2.24) is 25.9 Å². The number of benzene rings is 2. The minimum absolute atomic E-state index is 0.509. The smallest absolute Gasteiger partial charge is 0.177 e. The number of nitrogens with one attached hydrogen (secondary N) is 2. The van der Waals surface area contributed by atoms with Crippen molar-refractivity contribution in [2.24, 2.45) is 11.0 Å². The highest BCUT2D eigenvalue weighted by atomic mass is 79.9. The van der Waals surface area contributed by atoms with Crippen LogP contribution in [0.3, 0.4) is 0 Å². The topological polar surface area (TPSA) is 57.5 Å². The highest BCUT2D eigenvalue weighted by Crippen LogP contribution is 2.29. The van der Waals surface area contributed by atoms with E-state index >= 15 is 0 Å². The molecule has 0 saturated carbocycles. The van der Waals surface area contributed by atoms with Gasteiger partial charge in [-0.05, 0) is 29.2 Å². The number of hydrazone groups is 1. The Morgan fingerprint density at radius 2 is 1.80 bits per heavy atom. The summed E-state index contributed by atoms with van der Waals surface area (Å²) in [5.74, 6) is 2.25. The van der Waals surface area contributed by atoms with Crippen LogP contribution in [0.1, 0.15) is 30.5 Å². The molecule has 0 aliphatic carbocycles. The first kappa shape index (κ1) is 21.0. The van der Waals surface area contributed by atoms with Gasteiger partial charge in [0.2, 0.25) is 0 Å². The van der Waals surface area contributed by atoms with E-state index in [9.17, 15) is 0 Å². The van der Waals surface area contributed by atoms with Gasteiger partial charge in [0, 0.05) is 16.8 Å². The van der Waals surface area contributed by atoms with Crippen LogP contribution < -0.4 is 11.1 Å². The average molecular weight is 485 g/mol. The fraction of sp³-hybridized carbons (Fsp3) is 0.273. The maximum Gasteiger partial charge on any atom is 0.177 e. The number of rotatable bonds is 8. The van der Waals surface area contributed by atoms with Crippen molar-refractivity contribution in [3.8, 4) is 0 Å². The predicted molar refractivity (Wildman–Crippen MR) is 126 cm³/mol. The number of amidine groups is 1. The second-order valence-electron chi connectivity index (χ2n) is 7.59. The molecular weight excluding hydrogens is 460 g/mol. The van der Waals surface area contributed by atoms with Crippen LogP contribution in [0.15, 0.2) is 75.4 Å². The van der Waals surface area contributed by atoms with Crippen molar-refractivity contribution < 1.29 is 0 Å². The summed E-state index contributed by atoms with van der Waals surface area (Å²) in [6.45, 7) is 5.99. The standard InChI is InChI=1S/C22H25BrN6S/c1-16(2)13-29-22(30-15-18-6-4-3-5-7-18)20(12-24-29)21-25-26-27-28(21)14-17-8-10-19(23)11-9-17/h3-12,16,26-27H,13-15H2,1-2H3. The molecule has 0 amide bonds. The maximum atomic E-state index is 4.69. The molecule has 6 nitrogen and oxygen atoms in total. The van der Waals surface area contributed by atoms with Crippen molar-refractivity contribution in [1.29, 1.82) is 0 Å². The van der Waals surface area contributed by atoms with Crippen LogP contribution in [0.25, 0.3) is 0 Å². The second kappa shape index (κ2) is 9.68. The van der Waals surface area contributed by atoms with Crippen LogP contribution in [-0.4, -0.2) is 20.6 Å². The fourth-order valence-electron chi connectivity index (χ4n) is 3.23. The predicted octanol–water partition coefficient (Wildman–Crippen LogP) is 4.78. The molecule has 0 saturated heterocycles. The fourth-order valence-corrected chi connectivity index (χ4v) is 4.56. The van der Waals surface area contributed by atoms with Gasteiger partial charge in [0.05, 0.1) is 18.3 Å². The van der Waals surface area contributed by atoms with Gasteiger partial charge in [-0.3, -0.25) is 9.69 Å². The van der Waals surface area contributed by atoms with Crippen LogP contribution >= 0.6 is 27.7 Å². The van der Waals surface area contributed by atoms with E-state index in [2.05, 4.69) is 99.2 Å². The molecule has 1 aromatic heterocycles. The molecule has 2 N–H and O–H groups in total. The minimum Gasteiger partial charge on any atom is -0.266 e. The number of hydrogen-bond acceptors (Lipinski definition) is 6. The minimum atomic E-state index is 0.509. The average Bonchev–Trinajstić information content (AvgIpc) is 3.35. The maximum absolute atomic E-state index is 4.69. The quantitative estimate of drug-likeness (QED) is 0.450. The number of thioether (sulfide) groups is 1. The van der Waals surface area contributed by atoms with Crippen LogP contribution in [-0.2, 0) is 18.8 Å². The van der Waals surface area contributed by atoms with Gasteiger partial charge in [-0.15, -0.1) is 22.4 Å². The Labute approximate surface area is 189 Å². The summed E-state index contributed by atoms with van der Waals surface area (Å²) in [7, 11) is 0. The molecule has 1 aliphatic heterocycles. The lowest BCUT2D eigenvalue weighted by molar-refractivity contribution is 0.287. The molecule has 0 bridgehead atoms. The lowest BCUT2D eigenvalue weighted by Gasteiger charge is -2.19. The van der Waals surface area contributed by atoms with Gasteiger partial charge < -0.3 is 0 Å². The van der Waals surface area contributed by atoms with Gasteiger partial charge in [-0.2, -0.15) is 5.10 Å². The molecule has 3 aromatic rings. The van der Waals surface area contributed by atoms with E-state index in [0.29, 0.717) is 12.5 Å². The summed E-state index contributed by atoms with van der Waals surface area (Å²) in [5, 5.41) is 12.4. The number of aromatic nitrogens is 2. The van der Waals surface area contributed by atoms with E-state index in [4.69, 9.17) is 5.10 Å². The zero-order valence-corrected chi connectivity index (χ0v) is 19.4. The van der Waals surface area contributed by atoms with E-state index in [1.165, 1.54) is 11.1 Å². The monoisotopic (exact) mass is 484 g/mol. The van der Waals surface area contributed by atoms with Gasteiger partial charge in [0.25, 0.3) is 0 Å². The molecule has 0 atom stereocenters. The summed E-state index contributed by atoms with van der Waals surface area (Å²) in [6.07, 6.45) is 1.93. The summed E-state index contributed by atoms with van der Waals surface area (Å²) in [5.41, 5.74) is 9.57. The molecule has 156 valence electrons. The molecule has 30 heavy (non-hydrogen) atoms. The van der Waals surface area contributed by atoms with E-state index < -0.39 is 0 Å². The SMILES string of the molecule is CC(C)Cn1ncc(C2=NNNN2Cc2ccc(Br)cc2)c1SCc1ccccc1. The second-order valence-corrected chi connectivity index (χ2v) is 9.46. The number of nitrogens with zero attached hydrogens (tertiary/aromatic N) is 4. The number of hydrogen-bond donors (Lipinski definition) is 2. The van der Waals surface area contributed by atoms with Gasteiger partial charge in [-0.25, -0.2) is 5.53 Å². The number of hydrazine groups is 2. The van der Waals surface area contributed by atoms with Gasteiger partial charge in [0.1, 0.15) is 5.03 Å². The van der Waals surface area contributed by atoms with Gasteiger partial charge >= 0.3 is 0 Å². The first-order chi connectivity index (χ1) is 14.6. The molecule has 0 radical (unpaired) electrons. The van der Waals surface area contributed by atoms with E-state index in [1.807, 2.05) is 17.3 Å². The van der Waals surface area contributed by atoms with Crippen molar-refractivity contribution in [2.45, 2.75) is 37.7 Å². The Hall–Kier alpha value is -2.29. The molecule has 2 aromatic carbocycles. The largest absolute Gasteiger partial charge is 0.266 e. The lowest BCUT2D eigenvalue weighted by atomic mass is 10.2. The van der Waals surface area contributed by atoms with Gasteiger partial charge in [0.15, 0.2) is 5.84 Å². The third-order valence-electron chi connectivity index (χ3n) is 4.64. The van der Waals surface area contributed by atoms with Crippen molar-refractivity contribution >= 4 is 33.5 Å². The summed E-state index contributed by atoms with van der Waals surface area (Å²) in [4.78, 5) is 0. The molecular formula is C22H25BrN6S. The third-order valence-corrected chi connectivity index (χ3v) is 6.36. The number of halogens is 1. The lowest BCUT2D eigenvalue weighted by Crippen LogP contribution is -2.40. The van der Waals surface area contributed by atoms with Crippen LogP contribution in [0.5, 0.6) is 0 Å². The molecule has 0 spiro atoms. The Kier molecular flexibility index (Phi) is 6.76. The molecule has 0 fully saturated rings. The van der Waals surface area contributed by atoms with Crippen LogP contribution in [0.4, 0.5) is 0 Å². The van der Waals surface area contributed by atoms with Crippen molar-refractivity contribution in [3.63, 3.8) is 0 Å². The molecule has 8 heteroatoms. The Morgan fingerprint density at radius 1 is 1.03 bits per heavy atom. The third kappa shape index (κ3) is 5.06. The van der Waals surface area contributed by atoms with Crippen LogP contribution in [0.2, 0.25) is 0 Å². The first-order valence-electron chi connectivity index (χ1n) is 9.93. The highest BCUT2D eigenvalue weighted by Gasteiger charge is 2.25. The molecule has 0 unspecified atom stereocenters. The van der Waals surface area contributed by atoms with Crippen molar-refractivity contribution in [3.05, 3.63) is 82.0 Å². The Balaban J connectivity index is 1.58. The van der Waals surface area contributed by atoms with E-state index in [-0.39, 0.29) is 0 Å².